The summed E-state index contributed by atoms with van der Waals surface area (Å²) in [5.74, 6) is -0.556. The van der Waals surface area contributed by atoms with Gasteiger partial charge >= 0.3 is 6.61 Å². The lowest BCUT2D eigenvalue weighted by Gasteiger charge is -2.08. The summed E-state index contributed by atoms with van der Waals surface area (Å²) in [5.41, 5.74) is 5.32. The van der Waals surface area contributed by atoms with Crippen LogP contribution in [0.15, 0.2) is 24.3 Å². The van der Waals surface area contributed by atoms with Crippen molar-refractivity contribution in [3.63, 3.8) is 0 Å². The Morgan fingerprint density at radius 3 is 2.39 bits per heavy atom. The third-order valence-electron chi connectivity index (χ3n) is 1.69. The lowest BCUT2D eigenvalue weighted by molar-refractivity contribution is -0.0498. The van der Waals surface area contributed by atoms with E-state index >= 15 is 0 Å². The van der Waals surface area contributed by atoms with Gasteiger partial charge in [-0.05, 0) is 24.3 Å². The average Bonchev–Trinajstić information content (AvgIpc) is 2.17. The van der Waals surface area contributed by atoms with Gasteiger partial charge in [0.2, 0.25) is 10.0 Å². The Labute approximate surface area is 108 Å². The van der Waals surface area contributed by atoms with E-state index in [4.69, 9.17) is 5.73 Å². The molecule has 0 radical (unpaired) electrons. The Morgan fingerprint density at radius 2 is 1.94 bits per heavy atom. The number of nitrogens with one attached hydrogen (secondary N) is 1. The second-order valence-electron chi connectivity index (χ2n) is 3.23. The van der Waals surface area contributed by atoms with Crippen LogP contribution in [0.25, 0.3) is 0 Å². The summed E-state index contributed by atoms with van der Waals surface area (Å²) in [6.45, 7) is -2.93. The number of hydrogen-bond donors (Lipinski definition) is 2. The van der Waals surface area contributed by atoms with Gasteiger partial charge < -0.3 is 10.5 Å². The molecule has 0 aliphatic rings. The summed E-state index contributed by atoms with van der Waals surface area (Å²) < 4.78 is 52.9. The molecular formula is C9H10F2N2O3S2. The first kappa shape index (κ1) is 14.6. The van der Waals surface area contributed by atoms with Crippen LogP contribution < -0.4 is 15.2 Å². The third-order valence-corrected chi connectivity index (χ3v) is 3.25. The molecule has 0 aliphatic carbocycles. The highest BCUT2D eigenvalue weighted by Gasteiger charge is 2.12. The van der Waals surface area contributed by atoms with Crippen LogP contribution in [0.3, 0.4) is 0 Å². The van der Waals surface area contributed by atoms with Crippen molar-refractivity contribution in [3.05, 3.63) is 24.3 Å². The monoisotopic (exact) mass is 296 g/mol. The van der Waals surface area contributed by atoms with Crippen molar-refractivity contribution in [1.29, 1.82) is 0 Å². The summed E-state index contributed by atoms with van der Waals surface area (Å²) in [7, 11) is -3.67. The molecule has 5 nitrogen and oxygen atoms in total. The van der Waals surface area contributed by atoms with Gasteiger partial charge in [0.1, 0.15) is 11.5 Å². The first-order valence-corrected chi connectivity index (χ1v) is 6.68. The molecule has 3 N–H and O–H groups in total. The largest absolute Gasteiger partial charge is 0.435 e. The number of rotatable bonds is 6. The van der Waals surface area contributed by atoms with Crippen molar-refractivity contribution in [1.82, 2.24) is 0 Å². The molecule has 100 valence electrons. The van der Waals surface area contributed by atoms with Gasteiger partial charge in [-0.25, -0.2) is 8.42 Å². The maximum absolute atomic E-state index is 11.9. The summed E-state index contributed by atoms with van der Waals surface area (Å²) >= 11 is 4.48. The summed E-state index contributed by atoms with van der Waals surface area (Å²) in [6, 6.07) is 5.00. The van der Waals surface area contributed by atoms with E-state index in [-0.39, 0.29) is 16.4 Å². The fourth-order valence-electron chi connectivity index (χ4n) is 1.11. The van der Waals surface area contributed by atoms with Gasteiger partial charge in [-0.3, -0.25) is 4.72 Å². The van der Waals surface area contributed by atoms with Gasteiger partial charge in [-0.1, -0.05) is 12.2 Å². The maximum Gasteiger partial charge on any atom is 0.387 e. The minimum atomic E-state index is -3.67. The van der Waals surface area contributed by atoms with Crippen molar-refractivity contribution in [2.45, 2.75) is 6.61 Å². The van der Waals surface area contributed by atoms with E-state index in [2.05, 4.69) is 21.7 Å². The molecule has 1 rings (SSSR count). The summed E-state index contributed by atoms with van der Waals surface area (Å²) in [4.78, 5) is -0.167. The molecule has 9 heteroatoms. The number of hydrogen-bond acceptors (Lipinski definition) is 4. The van der Waals surface area contributed by atoms with Gasteiger partial charge in [0.15, 0.2) is 0 Å². The molecule has 0 unspecified atom stereocenters. The van der Waals surface area contributed by atoms with Crippen molar-refractivity contribution in [2.24, 2.45) is 5.73 Å². The Hall–Kier alpha value is -1.48. The van der Waals surface area contributed by atoms with Gasteiger partial charge in [-0.15, -0.1) is 0 Å². The molecule has 18 heavy (non-hydrogen) atoms. The Morgan fingerprint density at radius 1 is 1.39 bits per heavy atom. The average molecular weight is 296 g/mol. The quantitative estimate of drug-likeness (QED) is 0.774. The van der Waals surface area contributed by atoms with Crippen LogP contribution in [0.4, 0.5) is 14.5 Å². The smallest absolute Gasteiger partial charge is 0.387 e. The highest BCUT2D eigenvalue weighted by Crippen LogP contribution is 2.18. The van der Waals surface area contributed by atoms with E-state index in [1.807, 2.05) is 0 Å². The predicted molar refractivity (Wildman–Crippen MR) is 67.3 cm³/mol. The highest BCUT2D eigenvalue weighted by molar-refractivity contribution is 7.95. The lowest BCUT2D eigenvalue weighted by Crippen LogP contribution is -2.26. The van der Waals surface area contributed by atoms with Gasteiger partial charge in [0, 0.05) is 5.69 Å². The zero-order valence-corrected chi connectivity index (χ0v) is 10.6. The molecule has 0 amide bonds. The lowest BCUT2D eigenvalue weighted by atomic mass is 10.3. The molecule has 0 fully saturated rings. The first-order chi connectivity index (χ1) is 8.28. The number of alkyl halides is 2. The number of benzene rings is 1. The Balaban J connectivity index is 2.72. The predicted octanol–water partition coefficient (Wildman–Crippen LogP) is 1.32. The number of nitrogens with two attached hydrogens (primary N) is 1. The van der Waals surface area contributed by atoms with E-state index in [0.717, 1.165) is 0 Å². The zero-order valence-electron chi connectivity index (χ0n) is 8.97. The minimum absolute atomic E-state index is 0.0673. The van der Waals surface area contributed by atoms with Gasteiger partial charge in [-0.2, -0.15) is 8.78 Å². The number of sulfonamides is 1. The number of halogens is 2. The van der Waals surface area contributed by atoms with Crippen molar-refractivity contribution in [3.8, 4) is 5.75 Å². The normalized spacial score (nSPS) is 11.3. The first-order valence-electron chi connectivity index (χ1n) is 4.62. The number of anilines is 1. The van der Waals surface area contributed by atoms with E-state index in [1.54, 1.807) is 0 Å². The summed E-state index contributed by atoms with van der Waals surface area (Å²) in [5, 5.41) is 0. The Kier molecular flexibility index (Phi) is 4.79. The van der Waals surface area contributed by atoms with Gasteiger partial charge in [0.25, 0.3) is 0 Å². The van der Waals surface area contributed by atoms with Crippen LogP contribution in [-0.2, 0) is 10.0 Å². The molecule has 0 atom stereocenters. The number of thiocarbonyl (C=S) groups is 1. The molecule has 0 saturated carbocycles. The SMILES string of the molecule is NC(=S)CS(=O)(=O)Nc1ccc(OC(F)F)cc1. The van der Waals surface area contributed by atoms with E-state index in [0.29, 0.717) is 0 Å². The molecule has 0 spiro atoms. The van der Waals surface area contributed by atoms with Gasteiger partial charge in [0.05, 0.1) is 4.99 Å². The van der Waals surface area contributed by atoms with Crippen molar-refractivity contribution >= 4 is 32.9 Å². The Bertz CT molecular complexity index is 517. The molecule has 0 aliphatic heterocycles. The highest BCUT2D eigenvalue weighted by atomic mass is 32.2. The van der Waals surface area contributed by atoms with E-state index in [1.165, 1.54) is 24.3 Å². The van der Waals surface area contributed by atoms with Crippen molar-refractivity contribution < 1.29 is 21.9 Å². The van der Waals surface area contributed by atoms with Crippen LogP contribution in [0.5, 0.6) is 5.75 Å². The number of ether oxygens (including phenoxy) is 1. The van der Waals surface area contributed by atoms with Crippen molar-refractivity contribution in [2.75, 3.05) is 10.5 Å². The fourth-order valence-corrected chi connectivity index (χ4v) is 2.51. The topological polar surface area (TPSA) is 81.4 Å². The van der Waals surface area contributed by atoms with E-state index < -0.39 is 22.4 Å². The molecule has 0 bridgehead atoms. The third kappa shape index (κ3) is 5.23. The van der Waals surface area contributed by atoms with E-state index in [9.17, 15) is 17.2 Å². The van der Waals surface area contributed by atoms with Crippen LogP contribution in [0, 0.1) is 0 Å². The molecule has 0 aromatic heterocycles. The van der Waals surface area contributed by atoms with Crippen LogP contribution >= 0.6 is 12.2 Å². The second kappa shape index (κ2) is 5.91. The van der Waals surface area contributed by atoms with Crippen LogP contribution in [-0.4, -0.2) is 25.8 Å². The minimum Gasteiger partial charge on any atom is -0.435 e. The molecule has 1 aromatic carbocycles. The van der Waals surface area contributed by atoms with Crippen LogP contribution in [0.1, 0.15) is 0 Å². The fraction of sp³-hybridized carbons (Fsp3) is 0.222. The molecular weight excluding hydrogens is 286 g/mol. The molecule has 0 saturated heterocycles. The van der Waals surface area contributed by atoms with Crippen LogP contribution in [0.2, 0.25) is 0 Å². The molecule has 0 heterocycles. The zero-order chi connectivity index (χ0) is 13.8. The summed E-state index contributed by atoms with van der Waals surface area (Å²) in [6.07, 6.45) is 0. The second-order valence-corrected chi connectivity index (χ2v) is 5.48. The standard InChI is InChI=1S/C9H10F2N2O3S2/c10-9(11)16-7-3-1-6(2-4-7)13-18(14,15)5-8(12)17/h1-4,9,13H,5H2,(H2,12,17). The molecule has 1 aromatic rings. The maximum atomic E-state index is 11.9.